The number of aliphatic hydroxyl groups excluding tert-OH is 1. The molecule has 0 radical (unpaired) electrons. The van der Waals surface area contributed by atoms with Crippen LogP contribution in [-0.2, 0) is 20.7 Å². The first-order valence-corrected chi connectivity index (χ1v) is 14.5. The summed E-state index contributed by atoms with van der Waals surface area (Å²) in [6.07, 6.45) is -3.38. The van der Waals surface area contributed by atoms with Gasteiger partial charge in [-0.3, -0.25) is 9.59 Å². The molecule has 11 heteroatoms. The summed E-state index contributed by atoms with van der Waals surface area (Å²) in [5, 5.41) is 17.0. The smallest absolute Gasteiger partial charge is 0.407 e. The summed E-state index contributed by atoms with van der Waals surface area (Å²) in [4.78, 5) is 45.7. The van der Waals surface area contributed by atoms with Gasteiger partial charge in [-0.15, -0.1) is 0 Å². The van der Waals surface area contributed by atoms with Gasteiger partial charge < -0.3 is 25.4 Å². The molecule has 1 heterocycles. The molecule has 0 aliphatic carbocycles. The zero-order chi connectivity index (χ0) is 32.2. The van der Waals surface area contributed by atoms with Crippen LogP contribution in [0.5, 0.6) is 0 Å². The lowest BCUT2D eigenvalue weighted by Gasteiger charge is -2.30. The number of carbonyl (C=O) groups excluding carboxylic acids is 3. The molecule has 9 nitrogen and oxygen atoms in total. The van der Waals surface area contributed by atoms with Crippen molar-refractivity contribution in [1.82, 2.24) is 10.6 Å². The SMILES string of the molecule is C[C@@H](C(=O)NC1N=C(c2ccccc2F)c2cc(Cl)ccc2N(C)C1=O)[C@@H](O)[C@H](Cc1ccccc1)NC(=O)OC(C)(C)C. The number of aliphatic imine (C=N–C) groups is 1. The number of hydrogen-bond donors (Lipinski definition) is 3. The van der Waals surface area contributed by atoms with Crippen molar-refractivity contribution in [3.8, 4) is 0 Å². The molecule has 0 aromatic heterocycles. The Balaban J connectivity index is 1.63. The summed E-state index contributed by atoms with van der Waals surface area (Å²) in [5.41, 5.74) is 1.12. The number of ether oxygens (including phenoxy) is 1. The molecule has 1 aliphatic heterocycles. The molecule has 0 bridgehead atoms. The maximum absolute atomic E-state index is 15.0. The first kappa shape index (κ1) is 32.6. The van der Waals surface area contributed by atoms with Gasteiger partial charge in [0.05, 0.1) is 29.5 Å². The molecule has 44 heavy (non-hydrogen) atoms. The number of benzodiazepines with no additional fused rings is 1. The van der Waals surface area contributed by atoms with Crippen molar-refractivity contribution in [3.63, 3.8) is 0 Å². The zero-order valence-electron chi connectivity index (χ0n) is 25.2. The van der Waals surface area contributed by atoms with E-state index in [1.54, 1.807) is 45.0 Å². The number of likely N-dealkylation sites (N-methyl/N-ethyl adjacent to an activating group) is 1. The third-order valence-corrected chi connectivity index (χ3v) is 7.38. The normalized spacial score (nSPS) is 17.0. The molecule has 1 aliphatic rings. The Morgan fingerprint density at radius 1 is 1.07 bits per heavy atom. The van der Waals surface area contributed by atoms with Crippen LogP contribution >= 0.6 is 11.6 Å². The second-order valence-electron chi connectivity index (χ2n) is 11.6. The van der Waals surface area contributed by atoms with E-state index in [2.05, 4.69) is 15.6 Å². The van der Waals surface area contributed by atoms with Gasteiger partial charge in [-0.05, 0) is 63.1 Å². The van der Waals surface area contributed by atoms with E-state index in [1.165, 1.54) is 37.1 Å². The van der Waals surface area contributed by atoms with Gasteiger partial charge in [0.1, 0.15) is 11.4 Å². The van der Waals surface area contributed by atoms with E-state index in [-0.39, 0.29) is 17.7 Å². The van der Waals surface area contributed by atoms with Crippen LogP contribution in [0.1, 0.15) is 44.4 Å². The predicted molar refractivity (Wildman–Crippen MR) is 167 cm³/mol. The van der Waals surface area contributed by atoms with E-state index in [4.69, 9.17) is 16.3 Å². The van der Waals surface area contributed by atoms with E-state index < -0.39 is 53.6 Å². The van der Waals surface area contributed by atoms with Crippen LogP contribution in [0.15, 0.2) is 77.8 Å². The van der Waals surface area contributed by atoms with Crippen molar-refractivity contribution in [2.24, 2.45) is 10.9 Å². The summed E-state index contributed by atoms with van der Waals surface area (Å²) < 4.78 is 20.4. The van der Waals surface area contributed by atoms with Crippen molar-refractivity contribution in [3.05, 3.63) is 100 Å². The molecule has 3 aromatic rings. The highest BCUT2D eigenvalue weighted by Gasteiger charge is 2.36. The monoisotopic (exact) mass is 622 g/mol. The van der Waals surface area contributed by atoms with Gasteiger partial charge in [-0.25, -0.2) is 14.2 Å². The third-order valence-electron chi connectivity index (χ3n) is 7.14. The second-order valence-corrected chi connectivity index (χ2v) is 12.1. The zero-order valence-corrected chi connectivity index (χ0v) is 25.9. The first-order chi connectivity index (χ1) is 20.7. The Hall–Kier alpha value is -4.28. The number of rotatable bonds is 8. The van der Waals surface area contributed by atoms with Crippen molar-refractivity contribution in [2.45, 2.75) is 58.0 Å². The standard InChI is InChI=1S/C33H36ClFN4O5/c1-19(28(40)25(17-20-11-7-6-8-12-20)36-32(43)44-33(2,3)4)30(41)38-29-31(42)39(5)26-16-15-21(34)18-23(26)27(37-29)22-13-9-10-14-24(22)35/h6-16,18-19,25,28-29,40H,17H2,1-5H3,(H,36,43)(H,38,41)/t19-,25+,28-,29?/m1/s1. The Bertz CT molecular complexity index is 1560. The Morgan fingerprint density at radius 2 is 1.73 bits per heavy atom. The fourth-order valence-corrected chi connectivity index (χ4v) is 5.03. The number of carbonyl (C=O) groups is 3. The number of anilines is 1. The van der Waals surface area contributed by atoms with Gasteiger partial charge in [0, 0.05) is 23.2 Å². The summed E-state index contributed by atoms with van der Waals surface area (Å²) >= 11 is 6.27. The van der Waals surface area contributed by atoms with Crippen molar-refractivity contribution >= 4 is 40.9 Å². The molecule has 1 unspecified atom stereocenters. The minimum absolute atomic E-state index is 0.121. The number of nitrogens with one attached hydrogen (secondary N) is 2. The number of aliphatic hydroxyl groups is 1. The van der Waals surface area contributed by atoms with Gasteiger partial charge in [0.25, 0.3) is 5.91 Å². The summed E-state index contributed by atoms with van der Waals surface area (Å²) in [6.45, 7) is 6.63. The number of fused-ring (bicyclic) bond motifs is 1. The quantitative estimate of drug-likeness (QED) is 0.331. The molecule has 0 saturated carbocycles. The summed E-state index contributed by atoms with van der Waals surface area (Å²) in [5.74, 6) is -2.96. The molecule has 4 atom stereocenters. The summed E-state index contributed by atoms with van der Waals surface area (Å²) in [6, 6.07) is 19.0. The Morgan fingerprint density at radius 3 is 2.39 bits per heavy atom. The molecule has 0 spiro atoms. The molecule has 0 fully saturated rings. The largest absolute Gasteiger partial charge is 0.444 e. The van der Waals surface area contributed by atoms with E-state index >= 15 is 4.39 Å². The molecule has 3 N–H and O–H groups in total. The molecule has 232 valence electrons. The van der Waals surface area contributed by atoms with E-state index in [0.717, 1.165) is 5.56 Å². The Kier molecular flexibility index (Phi) is 10.1. The Labute approximate surface area is 261 Å². The van der Waals surface area contributed by atoms with Crippen molar-refractivity contribution in [1.29, 1.82) is 0 Å². The summed E-state index contributed by atoms with van der Waals surface area (Å²) in [7, 11) is 1.52. The number of alkyl carbamates (subject to hydrolysis) is 1. The van der Waals surface area contributed by atoms with Gasteiger partial charge in [0.2, 0.25) is 12.1 Å². The molecule has 3 aromatic carbocycles. The third kappa shape index (κ3) is 7.81. The van der Waals surface area contributed by atoms with Gasteiger partial charge in [0.15, 0.2) is 0 Å². The highest BCUT2D eigenvalue weighted by molar-refractivity contribution is 6.32. The fourth-order valence-electron chi connectivity index (χ4n) is 4.86. The topological polar surface area (TPSA) is 120 Å². The lowest BCUT2D eigenvalue weighted by molar-refractivity contribution is -0.132. The maximum atomic E-state index is 15.0. The first-order valence-electron chi connectivity index (χ1n) is 14.2. The van der Waals surface area contributed by atoms with Gasteiger partial charge in [-0.1, -0.05) is 61.0 Å². The van der Waals surface area contributed by atoms with E-state index in [1.807, 2.05) is 30.3 Å². The number of nitrogens with zero attached hydrogens (tertiary/aromatic N) is 2. The van der Waals surface area contributed by atoms with Crippen LogP contribution in [0, 0.1) is 11.7 Å². The minimum atomic E-state index is -1.45. The molecular formula is C33H36ClFN4O5. The minimum Gasteiger partial charge on any atom is -0.444 e. The number of amides is 3. The van der Waals surface area contributed by atoms with E-state index in [9.17, 15) is 19.5 Å². The van der Waals surface area contributed by atoms with Crippen molar-refractivity contribution < 1.29 is 28.6 Å². The van der Waals surface area contributed by atoms with E-state index in [0.29, 0.717) is 16.3 Å². The number of hydrogen-bond acceptors (Lipinski definition) is 6. The second kappa shape index (κ2) is 13.6. The lowest BCUT2D eigenvalue weighted by atomic mass is 9.92. The number of halogens is 2. The van der Waals surface area contributed by atoms with Crippen LogP contribution in [0.25, 0.3) is 0 Å². The molecule has 3 amide bonds. The average molecular weight is 623 g/mol. The van der Waals surface area contributed by atoms with Crippen LogP contribution in [0.3, 0.4) is 0 Å². The highest BCUT2D eigenvalue weighted by atomic mass is 35.5. The maximum Gasteiger partial charge on any atom is 0.407 e. The molecule has 4 rings (SSSR count). The predicted octanol–water partition coefficient (Wildman–Crippen LogP) is 4.87. The molecule has 0 saturated heterocycles. The van der Waals surface area contributed by atoms with Crippen LogP contribution in [0.4, 0.5) is 14.9 Å². The van der Waals surface area contributed by atoms with Gasteiger partial charge in [-0.2, -0.15) is 0 Å². The van der Waals surface area contributed by atoms with Crippen LogP contribution < -0.4 is 15.5 Å². The fraction of sp³-hybridized carbons (Fsp3) is 0.333. The highest BCUT2D eigenvalue weighted by Crippen LogP contribution is 2.30. The van der Waals surface area contributed by atoms with Gasteiger partial charge >= 0.3 is 6.09 Å². The average Bonchev–Trinajstić information content (AvgIpc) is 3.06. The van der Waals surface area contributed by atoms with Crippen LogP contribution in [-0.4, -0.2) is 59.7 Å². The van der Waals surface area contributed by atoms with Crippen LogP contribution in [0.2, 0.25) is 5.02 Å². The van der Waals surface area contributed by atoms with Crippen molar-refractivity contribution in [2.75, 3.05) is 11.9 Å². The lowest BCUT2D eigenvalue weighted by Crippen LogP contribution is -2.54. The number of benzene rings is 3. The molecular weight excluding hydrogens is 587 g/mol.